The van der Waals surface area contributed by atoms with Gasteiger partial charge in [0.1, 0.15) is 0 Å². The summed E-state index contributed by atoms with van der Waals surface area (Å²) in [6.45, 7) is 0.702. The van der Waals surface area contributed by atoms with Gasteiger partial charge in [-0.3, -0.25) is 4.79 Å². The number of hydrogen-bond acceptors (Lipinski definition) is 3. The Hall–Kier alpha value is -1.49. The molecule has 1 rings (SSSR count). The summed E-state index contributed by atoms with van der Waals surface area (Å²) in [6.07, 6.45) is 5.70. The first-order chi connectivity index (χ1) is 8.22. The number of rotatable bonds is 7. The second-order valence-electron chi connectivity index (χ2n) is 3.87. The van der Waals surface area contributed by atoms with Gasteiger partial charge in [0.25, 0.3) is 0 Å². The number of nitrogens with zero attached hydrogens (tertiary/aromatic N) is 1. The van der Waals surface area contributed by atoms with E-state index >= 15 is 0 Å². The zero-order chi connectivity index (χ0) is 12.5. The summed E-state index contributed by atoms with van der Waals surface area (Å²) in [7, 11) is 0. The fourth-order valence-electron chi connectivity index (χ4n) is 1.46. The lowest BCUT2D eigenvalue weighted by atomic mass is 10.1. The van der Waals surface area contributed by atoms with E-state index in [9.17, 15) is 9.18 Å². The normalized spacial score (nSPS) is 10.2. The predicted octanol–water partition coefficient (Wildman–Crippen LogP) is 2.07. The number of nitrogens with two attached hydrogens (primary N) is 1. The number of pyridine rings is 1. The van der Waals surface area contributed by atoms with Gasteiger partial charge in [0.15, 0.2) is 0 Å². The maximum atomic E-state index is 12.5. The van der Waals surface area contributed by atoms with Gasteiger partial charge >= 0.3 is 0 Å². The Morgan fingerprint density at radius 1 is 1.29 bits per heavy atom. The molecule has 0 bridgehead atoms. The fourth-order valence-corrected chi connectivity index (χ4v) is 1.46. The van der Waals surface area contributed by atoms with Crippen molar-refractivity contribution in [1.29, 1.82) is 0 Å². The number of unbranched alkanes of at least 4 members (excludes halogenated alkanes) is 3. The Morgan fingerprint density at radius 2 is 2.06 bits per heavy atom. The monoisotopic (exact) mass is 239 g/mol. The van der Waals surface area contributed by atoms with E-state index in [1.165, 1.54) is 18.3 Å². The highest BCUT2D eigenvalue weighted by atomic mass is 19.1. The van der Waals surface area contributed by atoms with Crippen molar-refractivity contribution in [3.63, 3.8) is 0 Å². The number of carbonyl (C=O) groups excluding carboxylic acids is 1. The molecule has 1 amide bonds. The summed E-state index contributed by atoms with van der Waals surface area (Å²) in [4.78, 5) is 14.9. The Kier molecular flexibility index (Phi) is 6.17. The van der Waals surface area contributed by atoms with E-state index in [1.54, 1.807) is 0 Å². The number of amides is 1. The van der Waals surface area contributed by atoms with E-state index < -0.39 is 5.95 Å². The Balaban J connectivity index is 2.18. The largest absolute Gasteiger partial charge is 0.330 e. The van der Waals surface area contributed by atoms with E-state index in [0.717, 1.165) is 25.7 Å². The molecule has 0 aliphatic rings. The molecular formula is C12H18FN3O. The first kappa shape index (κ1) is 13.6. The minimum absolute atomic E-state index is 0.0637. The van der Waals surface area contributed by atoms with Crippen LogP contribution < -0.4 is 11.1 Å². The number of aromatic nitrogens is 1. The minimum atomic E-state index is -0.551. The summed E-state index contributed by atoms with van der Waals surface area (Å²) in [5.74, 6) is -0.615. The number of carbonyl (C=O) groups is 1. The van der Waals surface area contributed by atoms with Crippen LogP contribution in [-0.2, 0) is 4.79 Å². The lowest BCUT2D eigenvalue weighted by Gasteiger charge is -2.04. The first-order valence-corrected chi connectivity index (χ1v) is 5.84. The van der Waals surface area contributed by atoms with Crippen molar-refractivity contribution in [2.45, 2.75) is 32.1 Å². The van der Waals surface area contributed by atoms with Crippen molar-refractivity contribution in [3.8, 4) is 0 Å². The molecule has 0 aliphatic heterocycles. The number of nitrogens with one attached hydrogen (secondary N) is 1. The van der Waals surface area contributed by atoms with Crippen LogP contribution in [0.15, 0.2) is 18.3 Å². The van der Waals surface area contributed by atoms with Crippen molar-refractivity contribution in [2.24, 2.45) is 5.73 Å². The predicted molar refractivity (Wildman–Crippen MR) is 65.0 cm³/mol. The SMILES string of the molecule is NCCCCCCC(=O)Nc1ccc(F)nc1. The molecule has 94 valence electrons. The van der Waals surface area contributed by atoms with Gasteiger partial charge in [-0.05, 0) is 31.5 Å². The molecule has 3 N–H and O–H groups in total. The van der Waals surface area contributed by atoms with Gasteiger partial charge in [0.2, 0.25) is 11.9 Å². The summed E-state index contributed by atoms with van der Waals surface area (Å²) < 4.78 is 12.5. The number of halogens is 1. The zero-order valence-corrected chi connectivity index (χ0v) is 9.79. The minimum Gasteiger partial charge on any atom is -0.330 e. The van der Waals surface area contributed by atoms with Crippen LogP contribution in [0.2, 0.25) is 0 Å². The van der Waals surface area contributed by atoms with Gasteiger partial charge < -0.3 is 11.1 Å². The maximum Gasteiger partial charge on any atom is 0.224 e. The van der Waals surface area contributed by atoms with Crippen LogP contribution in [0.4, 0.5) is 10.1 Å². The molecule has 0 radical (unpaired) electrons. The molecule has 17 heavy (non-hydrogen) atoms. The molecule has 4 nitrogen and oxygen atoms in total. The average molecular weight is 239 g/mol. The number of hydrogen-bond donors (Lipinski definition) is 2. The first-order valence-electron chi connectivity index (χ1n) is 5.84. The molecular weight excluding hydrogens is 221 g/mol. The third-order valence-corrected chi connectivity index (χ3v) is 2.37. The highest BCUT2D eigenvalue weighted by Gasteiger charge is 2.02. The van der Waals surface area contributed by atoms with Gasteiger partial charge in [-0.15, -0.1) is 0 Å². The van der Waals surface area contributed by atoms with Gasteiger partial charge in [0.05, 0.1) is 11.9 Å². The van der Waals surface area contributed by atoms with Crippen molar-refractivity contribution in [1.82, 2.24) is 4.98 Å². The highest BCUT2D eigenvalue weighted by molar-refractivity contribution is 5.90. The summed E-state index contributed by atoms with van der Waals surface area (Å²) in [6, 6.07) is 2.71. The van der Waals surface area contributed by atoms with Crippen LogP contribution >= 0.6 is 0 Å². The van der Waals surface area contributed by atoms with Crippen molar-refractivity contribution >= 4 is 11.6 Å². The fraction of sp³-hybridized carbons (Fsp3) is 0.500. The smallest absolute Gasteiger partial charge is 0.224 e. The quantitative estimate of drug-likeness (QED) is 0.565. The second-order valence-corrected chi connectivity index (χ2v) is 3.87. The van der Waals surface area contributed by atoms with Crippen LogP contribution in [0.3, 0.4) is 0 Å². The Labute approximate surface area is 100 Å². The Morgan fingerprint density at radius 3 is 2.71 bits per heavy atom. The third-order valence-electron chi connectivity index (χ3n) is 2.37. The molecule has 1 aromatic heterocycles. The van der Waals surface area contributed by atoms with E-state index in [2.05, 4.69) is 10.3 Å². The summed E-state index contributed by atoms with van der Waals surface area (Å²) in [5, 5.41) is 2.67. The molecule has 0 atom stereocenters. The molecule has 1 aromatic rings. The van der Waals surface area contributed by atoms with Gasteiger partial charge in [-0.2, -0.15) is 4.39 Å². The standard InChI is InChI=1S/C12H18FN3O/c13-11-7-6-10(9-15-11)16-12(17)5-3-1-2-4-8-14/h6-7,9H,1-5,8,14H2,(H,16,17). The zero-order valence-electron chi connectivity index (χ0n) is 9.79. The van der Waals surface area contributed by atoms with Crippen LogP contribution in [0.1, 0.15) is 32.1 Å². The number of anilines is 1. The van der Waals surface area contributed by atoms with Gasteiger partial charge in [0, 0.05) is 6.42 Å². The molecule has 1 heterocycles. The second kappa shape index (κ2) is 7.73. The third kappa shape index (κ3) is 5.97. The van der Waals surface area contributed by atoms with Crippen LogP contribution in [-0.4, -0.2) is 17.4 Å². The summed E-state index contributed by atoms with van der Waals surface area (Å²) in [5.41, 5.74) is 5.89. The van der Waals surface area contributed by atoms with E-state index in [-0.39, 0.29) is 5.91 Å². The van der Waals surface area contributed by atoms with E-state index in [0.29, 0.717) is 18.7 Å². The molecule has 0 aliphatic carbocycles. The van der Waals surface area contributed by atoms with Crippen molar-refractivity contribution in [3.05, 3.63) is 24.3 Å². The lowest BCUT2D eigenvalue weighted by molar-refractivity contribution is -0.116. The van der Waals surface area contributed by atoms with Crippen LogP contribution in [0.5, 0.6) is 0 Å². The molecule has 5 heteroatoms. The molecule has 0 unspecified atom stereocenters. The summed E-state index contributed by atoms with van der Waals surface area (Å²) >= 11 is 0. The lowest BCUT2D eigenvalue weighted by Crippen LogP contribution is -2.11. The van der Waals surface area contributed by atoms with Crippen LogP contribution in [0.25, 0.3) is 0 Å². The highest BCUT2D eigenvalue weighted by Crippen LogP contribution is 2.08. The molecule has 0 fully saturated rings. The van der Waals surface area contributed by atoms with Crippen molar-refractivity contribution in [2.75, 3.05) is 11.9 Å². The van der Waals surface area contributed by atoms with Gasteiger partial charge in [-0.1, -0.05) is 12.8 Å². The van der Waals surface area contributed by atoms with Gasteiger partial charge in [-0.25, -0.2) is 4.98 Å². The average Bonchev–Trinajstić information content (AvgIpc) is 2.32. The molecule has 0 saturated carbocycles. The topological polar surface area (TPSA) is 68.0 Å². The van der Waals surface area contributed by atoms with E-state index in [4.69, 9.17) is 5.73 Å². The molecule has 0 spiro atoms. The molecule has 0 saturated heterocycles. The maximum absolute atomic E-state index is 12.5. The van der Waals surface area contributed by atoms with E-state index in [1.807, 2.05) is 0 Å². The molecule has 0 aromatic carbocycles. The van der Waals surface area contributed by atoms with Crippen molar-refractivity contribution < 1.29 is 9.18 Å². The Bertz CT molecular complexity index is 340. The van der Waals surface area contributed by atoms with Crippen LogP contribution in [0, 0.1) is 5.95 Å².